The van der Waals surface area contributed by atoms with Gasteiger partial charge >= 0.3 is 0 Å². The van der Waals surface area contributed by atoms with Crippen molar-refractivity contribution in [1.29, 1.82) is 0 Å². The van der Waals surface area contributed by atoms with Crippen molar-refractivity contribution in [3.8, 4) is 0 Å². The Balaban J connectivity index is 3.17. The zero-order valence-corrected chi connectivity index (χ0v) is 13.4. The highest BCUT2D eigenvalue weighted by molar-refractivity contribution is 14.1. The highest BCUT2D eigenvalue weighted by Gasteiger charge is 2.43. The zero-order valence-electron chi connectivity index (χ0n) is 8.81. The van der Waals surface area contributed by atoms with Gasteiger partial charge in [0.25, 0.3) is 0 Å². The van der Waals surface area contributed by atoms with E-state index >= 15 is 0 Å². The molecule has 0 radical (unpaired) electrons. The van der Waals surface area contributed by atoms with Crippen LogP contribution < -0.4 is 0 Å². The minimum Gasteiger partial charge on any atom is -0.385 e. The van der Waals surface area contributed by atoms with Crippen LogP contribution in [0, 0.1) is 6.92 Å². The van der Waals surface area contributed by atoms with Gasteiger partial charge in [0.05, 0.1) is 0 Å². The first-order chi connectivity index (χ1) is 7.16. The summed E-state index contributed by atoms with van der Waals surface area (Å²) in [5, 5.41) is 10.1. The molecule has 0 fully saturated rings. The molecule has 2 atom stereocenters. The lowest BCUT2D eigenvalue weighted by Crippen LogP contribution is -2.31. The fourth-order valence-corrected chi connectivity index (χ4v) is 2.40. The quantitative estimate of drug-likeness (QED) is 0.606. The first-order valence-electron chi connectivity index (χ1n) is 4.48. The zero-order chi connectivity index (χ0) is 12.6. The van der Waals surface area contributed by atoms with E-state index in [2.05, 4.69) is 15.9 Å². The third-order valence-electron chi connectivity index (χ3n) is 2.17. The first-order valence-corrected chi connectivity index (χ1v) is 8.24. The molecular formula is C10H12BrIO3S. The summed E-state index contributed by atoms with van der Waals surface area (Å²) in [7, 11) is -3.41. The smallest absolute Gasteiger partial charge is 0.206 e. The van der Waals surface area contributed by atoms with Crippen LogP contribution in [0.2, 0.25) is 0 Å². The molecule has 1 rings (SSSR count). The van der Waals surface area contributed by atoms with Crippen molar-refractivity contribution < 1.29 is 13.5 Å². The number of sulfone groups is 1. The maximum Gasteiger partial charge on any atom is 0.206 e. The molecule has 0 aliphatic heterocycles. The van der Waals surface area contributed by atoms with Gasteiger partial charge in [0.2, 0.25) is 1.66 Å². The van der Waals surface area contributed by atoms with Gasteiger partial charge in [-0.15, -0.1) is 0 Å². The van der Waals surface area contributed by atoms with Crippen molar-refractivity contribution >= 4 is 48.4 Å². The largest absolute Gasteiger partial charge is 0.385 e. The van der Waals surface area contributed by atoms with Gasteiger partial charge in [0, 0.05) is 6.26 Å². The Labute approximate surface area is 117 Å². The molecule has 0 aromatic heterocycles. The van der Waals surface area contributed by atoms with Crippen molar-refractivity contribution in [2.45, 2.75) is 14.7 Å². The van der Waals surface area contributed by atoms with Gasteiger partial charge < -0.3 is 5.11 Å². The van der Waals surface area contributed by atoms with Crippen molar-refractivity contribution in [3.63, 3.8) is 0 Å². The normalized spacial score (nSPS) is 17.8. The van der Waals surface area contributed by atoms with Crippen LogP contribution >= 0.6 is 38.5 Å². The van der Waals surface area contributed by atoms with Crippen LogP contribution in [0.4, 0.5) is 0 Å². The summed E-state index contributed by atoms with van der Waals surface area (Å²) >= 11 is 4.78. The summed E-state index contributed by atoms with van der Waals surface area (Å²) in [5.74, 6) is 0. The molecule has 0 aliphatic carbocycles. The van der Waals surface area contributed by atoms with Gasteiger partial charge in [0.1, 0.15) is 6.10 Å². The average molecular weight is 419 g/mol. The van der Waals surface area contributed by atoms with E-state index in [1.807, 2.05) is 13.0 Å². The topological polar surface area (TPSA) is 54.4 Å². The van der Waals surface area contributed by atoms with Crippen LogP contribution in [-0.4, -0.2) is 21.4 Å². The second-order valence-corrected chi connectivity index (χ2v) is 11.5. The lowest BCUT2D eigenvalue weighted by atomic mass is 10.1. The van der Waals surface area contributed by atoms with Gasteiger partial charge in [-0.05, 0) is 35.1 Å². The minimum atomic E-state index is -3.41. The minimum absolute atomic E-state index is 0.580. The summed E-state index contributed by atoms with van der Waals surface area (Å²) in [4.78, 5) is 0. The molecule has 0 heterocycles. The molecule has 0 aliphatic rings. The molecule has 3 nitrogen and oxygen atoms in total. The van der Waals surface area contributed by atoms with Gasteiger partial charge in [-0.2, -0.15) is 0 Å². The highest BCUT2D eigenvalue weighted by Crippen LogP contribution is 2.44. The second-order valence-electron chi connectivity index (χ2n) is 3.65. The Morgan fingerprint density at radius 1 is 1.50 bits per heavy atom. The lowest BCUT2D eigenvalue weighted by Gasteiger charge is -2.25. The summed E-state index contributed by atoms with van der Waals surface area (Å²) < 4.78 is 21.7. The first kappa shape index (κ1) is 14.4. The van der Waals surface area contributed by atoms with Crippen LogP contribution in [0.25, 0.3) is 0 Å². The standard InChI is InChI=1S/C10H12BrIO3S/c1-7-4-3-5-8(6-7)9(13)10(11,12)16(2,14)15/h3-6,9,13H,1-2H3/t9-,10+/m1/s1. The molecule has 1 N–H and O–H groups in total. The molecule has 90 valence electrons. The van der Waals surface area contributed by atoms with Crippen LogP contribution in [0.15, 0.2) is 24.3 Å². The van der Waals surface area contributed by atoms with Crippen LogP contribution in [0.3, 0.4) is 0 Å². The number of alkyl halides is 2. The molecule has 6 heteroatoms. The monoisotopic (exact) mass is 418 g/mol. The third-order valence-corrected chi connectivity index (χ3v) is 8.57. The number of aryl methyl sites for hydroxylation is 1. The number of aliphatic hydroxyl groups excluding tert-OH is 1. The molecule has 0 spiro atoms. The fraction of sp³-hybridized carbons (Fsp3) is 0.400. The molecule has 16 heavy (non-hydrogen) atoms. The number of aliphatic hydroxyl groups is 1. The number of rotatable bonds is 3. The maximum atomic E-state index is 11.5. The van der Waals surface area contributed by atoms with E-state index in [-0.39, 0.29) is 0 Å². The second kappa shape index (κ2) is 4.91. The van der Waals surface area contributed by atoms with Gasteiger partial charge in [0.15, 0.2) is 9.84 Å². The Kier molecular flexibility index (Phi) is 4.42. The van der Waals surface area contributed by atoms with Crippen molar-refractivity contribution in [2.24, 2.45) is 0 Å². The predicted octanol–water partition coefficient (Wildman–Crippen LogP) is 2.56. The van der Waals surface area contributed by atoms with Crippen LogP contribution in [0.5, 0.6) is 0 Å². The van der Waals surface area contributed by atoms with E-state index in [1.54, 1.807) is 40.8 Å². The average Bonchev–Trinajstić information content (AvgIpc) is 2.14. The Morgan fingerprint density at radius 3 is 2.50 bits per heavy atom. The van der Waals surface area contributed by atoms with Crippen molar-refractivity contribution in [1.82, 2.24) is 0 Å². The molecule has 0 unspecified atom stereocenters. The van der Waals surface area contributed by atoms with E-state index in [1.165, 1.54) is 0 Å². The van der Waals surface area contributed by atoms with Gasteiger partial charge in [-0.25, -0.2) is 8.42 Å². The van der Waals surface area contributed by atoms with Gasteiger partial charge in [-0.3, -0.25) is 0 Å². The van der Waals surface area contributed by atoms with E-state index in [9.17, 15) is 13.5 Å². The lowest BCUT2D eigenvalue weighted by molar-refractivity contribution is 0.191. The molecule has 0 saturated heterocycles. The highest BCUT2D eigenvalue weighted by atomic mass is 127. The summed E-state index contributed by atoms with van der Waals surface area (Å²) in [5.41, 5.74) is 1.56. The molecule has 1 aromatic rings. The number of benzene rings is 1. The van der Waals surface area contributed by atoms with E-state index < -0.39 is 17.6 Å². The molecule has 0 saturated carbocycles. The van der Waals surface area contributed by atoms with E-state index in [4.69, 9.17) is 0 Å². The SMILES string of the molecule is Cc1cccc([C@@H](O)[C@](Br)(I)S(C)(=O)=O)c1. The van der Waals surface area contributed by atoms with Gasteiger partial charge in [-0.1, -0.05) is 45.8 Å². The number of hydrogen-bond donors (Lipinski definition) is 1. The maximum absolute atomic E-state index is 11.5. The Morgan fingerprint density at radius 2 is 2.06 bits per heavy atom. The Bertz CT molecular complexity index is 485. The predicted molar refractivity (Wildman–Crippen MR) is 76.7 cm³/mol. The Hall–Kier alpha value is 0.340. The fourth-order valence-electron chi connectivity index (χ4n) is 1.24. The van der Waals surface area contributed by atoms with Crippen LogP contribution in [-0.2, 0) is 9.84 Å². The van der Waals surface area contributed by atoms with E-state index in [0.29, 0.717) is 5.56 Å². The molecule has 0 bridgehead atoms. The molecule has 0 amide bonds. The van der Waals surface area contributed by atoms with Crippen molar-refractivity contribution in [3.05, 3.63) is 35.4 Å². The molecule has 1 aromatic carbocycles. The molecular weight excluding hydrogens is 407 g/mol. The summed E-state index contributed by atoms with van der Waals surface area (Å²) in [6.07, 6.45) is -0.0179. The summed E-state index contributed by atoms with van der Waals surface area (Å²) in [6.45, 7) is 1.89. The summed E-state index contributed by atoms with van der Waals surface area (Å²) in [6, 6.07) is 7.15. The number of hydrogen-bond acceptors (Lipinski definition) is 3. The number of halogens is 2. The van der Waals surface area contributed by atoms with E-state index in [0.717, 1.165) is 11.8 Å². The third kappa shape index (κ3) is 2.96. The van der Waals surface area contributed by atoms with Crippen molar-refractivity contribution in [2.75, 3.05) is 6.26 Å². The van der Waals surface area contributed by atoms with Crippen LogP contribution in [0.1, 0.15) is 17.2 Å².